The molecule has 3 aliphatic rings. The maximum atomic E-state index is 14.6. The number of rotatable bonds is 4. The number of benzene rings is 1. The lowest BCUT2D eigenvalue weighted by atomic mass is 10.2. The predicted molar refractivity (Wildman–Crippen MR) is 88.2 cm³/mol. The Morgan fingerprint density at radius 1 is 1.40 bits per heavy atom. The van der Waals surface area contributed by atoms with Gasteiger partial charge in [0.1, 0.15) is 11.9 Å². The highest BCUT2D eigenvalue weighted by atomic mass is 19.1. The molecule has 2 amide bonds. The number of fused-ring (bicyclic) bond motifs is 2. The van der Waals surface area contributed by atoms with E-state index in [1.807, 2.05) is 4.90 Å². The van der Waals surface area contributed by atoms with Crippen LogP contribution in [-0.4, -0.2) is 56.5 Å². The number of hydrogen-bond donors (Lipinski definition) is 1. The third-order valence-electron chi connectivity index (χ3n) is 4.91. The van der Waals surface area contributed by atoms with Crippen LogP contribution in [0.3, 0.4) is 0 Å². The molecule has 0 aliphatic carbocycles. The quantitative estimate of drug-likeness (QED) is 0.886. The van der Waals surface area contributed by atoms with Crippen molar-refractivity contribution >= 4 is 23.4 Å². The Bertz CT molecular complexity index is 713. The SMILES string of the molecule is CC(=O)NC[C@H]1CN(c2ccc(N3C[C@H]4C[C@@H]3CO4)c(F)c2)C(=O)O1. The number of carbonyl (C=O) groups excluding carboxylic acids is 2. The third-order valence-corrected chi connectivity index (χ3v) is 4.91. The first-order chi connectivity index (χ1) is 12.0. The topological polar surface area (TPSA) is 71.1 Å². The normalized spacial score (nSPS) is 27.8. The average molecular weight is 349 g/mol. The van der Waals surface area contributed by atoms with Crippen LogP contribution < -0.4 is 15.1 Å². The predicted octanol–water partition coefficient (Wildman–Crippen LogP) is 1.26. The molecule has 1 aromatic carbocycles. The second-order valence-corrected chi connectivity index (χ2v) is 6.69. The monoisotopic (exact) mass is 349 g/mol. The largest absolute Gasteiger partial charge is 0.442 e. The molecule has 0 saturated carbocycles. The molecule has 3 aliphatic heterocycles. The van der Waals surface area contributed by atoms with E-state index in [1.165, 1.54) is 17.9 Å². The van der Waals surface area contributed by atoms with E-state index in [1.54, 1.807) is 12.1 Å². The summed E-state index contributed by atoms with van der Waals surface area (Å²) in [5.74, 6) is -0.544. The molecule has 2 bridgehead atoms. The average Bonchev–Trinajstić information content (AvgIpc) is 3.28. The van der Waals surface area contributed by atoms with Crippen molar-refractivity contribution in [3.8, 4) is 0 Å². The van der Waals surface area contributed by atoms with Gasteiger partial charge in [-0.15, -0.1) is 0 Å². The van der Waals surface area contributed by atoms with Gasteiger partial charge in [-0.05, 0) is 24.6 Å². The number of anilines is 2. The van der Waals surface area contributed by atoms with E-state index in [0.29, 0.717) is 24.5 Å². The van der Waals surface area contributed by atoms with Crippen molar-refractivity contribution < 1.29 is 23.5 Å². The van der Waals surface area contributed by atoms with Gasteiger partial charge in [-0.3, -0.25) is 9.69 Å². The summed E-state index contributed by atoms with van der Waals surface area (Å²) in [6.45, 7) is 3.26. The smallest absolute Gasteiger partial charge is 0.414 e. The van der Waals surface area contributed by atoms with E-state index in [-0.39, 0.29) is 37.0 Å². The standard InChI is InChI=1S/C17H20FN3O4/c1-10(22)19-6-14-8-21(17(23)25-14)11-2-3-16(15(18)5-11)20-7-13-4-12(20)9-24-13/h2-3,5,12-14H,4,6-9H2,1H3,(H,19,22)/t12-,13-,14+/m1/s1. The molecule has 3 fully saturated rings. The Kier molecular flexibility index (Phi) is 3.99. The minimum Gasteiger partial charge on any atom is -0.442 e. The number of carbonyl (C=O) groups is 2. The van der Waals surface area contributed by atoms with Crippen LogP contribution in [0, 0.1) is 5.82 Å². The molecule has 0 spiro atoms. The Morgan fingerprint density at radius 3 is 2.88 bits per heavy atom. The summed E-state index contributed by atoms with van der Waals surface area (Å²) in [6, 6.07) is 5.03. The highest BCUT2D eigenvalue weighted by Gasteiger charge is 2.40. The number of hydrogen-bond acceptors (Lipinski definition) is 5. The van der Waals surface area contributed by atoms with E-state index in [9.17, 15) is 14.0 Å². The molecule has 25 heavy (non-hydrogen) atoms. The fraction of sp³-hybridized carbons (Fsp3) is 0.529. The fourth-order valence-corrected chi connectivity index (χ4v) is 3.69. The van der Waals surface area contributed by atoms with Crippen LogP contribution in [0.1, 0.15) is 13.3 Å². The molecule has 0 radical (unpaired) electrons. The molecule has 3 saturated heterocycles. The lowest BCUT2D eigenvalue weighted by Crippen LogP contribution is -2.37. The van der Waals surface area contributed by atoms with Crippen LogP contribution >= 0.6 is 0 Å². The van der Waals surface area contributed by atoms with Crippen molar-refractivity contribution in [1.82, 2.24) is 5.32 Å². The minimum atomic E-state index is -0.531. The van der Waals surface area contributed by atoms with Crippen LogP contribution in [0.5, 0.6) is 0 Å². The number of nitrogens with one attached hydrogen (secondary N) is 1. The van der Waals surface area contributed by atoms with Crippen LogP contribution in [-0.2, 0) is 14.3 Å². The number of cyclic esters (lactones) is 1. The summed E-state index contributed by atoms with van der Waals surface area (Å²) in [5.41, 5.74) is 0.999. The summed E-state index contributed by atoms with van der Waals surface area (Å²) >= 11 is 0. The zero-order valence-electron chi connectivity index (χ0n) is 13.9. The summed E-state index contributed by atoms with van der Waals surface area (Å²) in [5, 5.41) is 2.62. The highest BCUT2D eigenvalue weighted by molar-refractivity contribution is 5.90. The van der Waals surface area contributed by atoms with Gasteiger partial charge in [0.15, 0.2) is 0 Å². The van der Waals surface area contributed by atoms with Gasteiger partial charge in [-0.25, -0.2) is 9.18 Å². The summed E-state index contributed by atoms with van der Waals surface area (Å²) in [4.78, 5) is 26.4. The second-order valence-electron chi connectivity index (χ2n) is 6.69. The maximum absolute atomic E-state index is 14.6. The van der Waals surface area contributed by atoms with Gasteiger partial charge >= 0.3 is 6.09 Å². The van der Waals surface area contributed by atoms with Crippen molar-refractivity contribution in [2.75, 3.05) is 36.0 Å². The van der Waals surface area contributed by atoms with Gasteiger partial charge in [0.05, 0.1) is 43.2 Å². The summed E-state index contributed by atoms with van der Waals surface area (Å²) in [7, 11) is 0. The number of morpholine rings is 1. The van der Waals surface area contributed by atoms with Gasteiger partial charge in [0.25, 0.3) is 0 Å². The first-order valence-electron chi connectivity index (χ1n) is 8.41. The number of nitrogens with zero attached hydrogens (tertiary/aromatic N) is 2. The number of halogens is 1. The summed E-state index contributed by atoms with van der Waals surface area (Å²) in [6.07, 6.45) is 0.152. The first kappa shape index (κ1) is 16.1. The van der Waals surface area contributed by atoms with Crippen molar-refractivity contribution in [2.24, 2.45) is 0 Å². The maximum Gasteiger partial charge on any atom is 0.414 e. The van der Waals surface area contributed by atoms with Crippen molar-refractivity contribution in [1.29, 1.82) is 0 Å². The molecule has 1 aromatic rings. The molecule has 0 unspecified atom stereocenters. The highest BCUT2D eigenvalue weighted by Crippen LogP contribution is 2.35. The van der Waals surface area contributed by atoms with E-state index in [2.05, 4.69) is 5.32 Å². The Morgan fingerprint density at radius 2 is 2.24 bits per heavy atom. The Labute approximate surface area is 144 Å². The van der Waals surface area contributed by atoms with Crippen molar-refractivity contribution in [3.63, 3.8) is 0 Å². The van der Waals surface area contributed by atoms with Crippen LogP contribution in [0.25, 0.3) is 0 Å². The molecule has 3 atom stereocenters. The molecular formula is C17H20FN3O4. The molecule has 3 heterocycles. The van der Waals surface area contributed by atoms with E-state index < -0.39 is 12.2 Å². The van der Waals surface area contributed by atoms with Gasteiger partial charge < -0.3 is 19.7 Å². The zero-order chi connectivity index (χ0) is 17.6. The second kappa shape index (κ2) is 6.18. The molecule has 8 heteroatoms. The van der Waals surface area contributed by atoms with Crippen LogP contribution in [0.4, 0.5) is 20.6 Å². The molecule has 1 N–H and O–H groups in total. The first-order valence-corrected chi connectivity index (χ1v) is 8.41. The van der Waals surface area contributed by atoms with E-state index in [4.69, 9.17) is 9.47 Å². The lowest BCUT2D eigenvalue weighted by molar-refractivity contribution is -0.119. The van der Waals surface area contributed by atoms with Gasteiger partial charge in [0, 0.05) is 13.5 Å². The molecular weight excluding hydrogens is 329 g/mol. The number of amides is 2. The van der Waals surface area contributed by atoms with Crippen LogP contribution in [0.2, 0.25) is 0 Å². The van der Waals surface area contributed by atoms with Gasteiger partial charge in [-0.2, -0.15) is 0 Å². The Balaban J connectivity index is 1.47. The molecule has 134 valence electrons. The van der Waals surface area contributed by atoms with Crippen molar-refractivity contribution in [3.05, 3.63) is 24.0 Å². The van der Waals surface area contributed by atoms with E-state index in [0.717, 1.165) is 6.42 Å². The molecule has 0 aromatic heterocycles. The molecule has 4 rings (SSSR count). The third kappa shape index (κ3) is 3.02. The number of ether oxygens (including phenoxy) is 2. The van der Waals surface area contributed by atoms with Gasteiger partial charge in [0.2, 0.25) is 5.91 Å². The molecule has 7 nitrogen and oxygen atoms in total. The lowest BCUT2D eigenvalue weighted by Gasteiger charge is -2.29. The minimum absolute atomic E-state index is 0.186. The summed E-state index contributed by atoms with van der Waals surface area (Å²) < 4.78 is 25.4. The van der Waals surface area contributed by atoms with Crippen LogP contribution in [0.15, 0.2) is 18.2 Å². The van der Waals surface area contributed by atoms with Crippen molar-refractivity contribution in [2.45, 2.75) is 31.6 Å². The zero-order valence-corrected chi connectivity index (χ0v) is 13.9. The van der Waals surface area contributed by atoms with Gasteiger partial charge in [-0.1, -0.05) is 0 Å². The Hall–Kier alpha value is -2.35. The van der Waals surface area contributed by atoms with E-state index >= 15 is 0 Å². The fourth-order valence-electron chi connectivity index (χ4n) is 3.69.